The fourth-order valence-corrected chi connectivity index (χ4v) is 3.81. The largest absolute Gasteiger partial charge is 0.435 e. The van der Waals surface area contributed by atoms with E-state index in [2.05, 4.69) is 4.74 Å². The van der Waals surface area contributed by atoms with Gasteiger partial charge in [0.25, 0.3) is 11.6 Å². The molecule has 8 nitrogen and oxygen atoms in total. The number of nitro groups is 1. The number of amides is 2. The van der Waals surface area contributed by atoms with Gasteiger partial charge in [0.05, 0.1) is 4.92 Å². The van der Waals surface area contributed by atoms with Gasteiger partial charge >= 0.3 is 6.61 Å². The molecule has 1 unspecified atom stereocenters. The lowest BCUT2D eigenvalue weighted by Crippen LogP contribution is -2.46. The summed E-state index contributed by atoms with van der Waals surface area (Å²) in [6, 6.07) is 9.53. The second kappa shape index (κ2) is 9.71. The molecule has 1 heterocycles. The summed E-state index contributed by atoms with van der Waals surface area (Å²) in [5.41, 5.74) is 1.33. The first-order valence-corrected chi connectivity index (χ1v) is 10.0. The van der Waals surface area contributed by atoms with E-state index in [1.807, 2.05) is 0 Å². The van der Waals surface area contributed by atoms with E-state index < -0.39 is 17.6 Å². The molecule has 0 N–H and O–H groups in total. The molecule has 1 aliphatic heterocycles. The third kappa shape index (κ3) is 5.19. The van der Waals surface area contributed by atoms with Crippen molar-refractivity contribution in [3.8, 4) is 5.75 Å². The maximum Gasteiger partial charge on any atom is 0.387 e. The van der Waals surface area contributed by atoms with Crippen molar-refractivity contribution in [1.82, 2.24) is 9.80 Å². The van der Waals surface area contributed by atoms with Crippen LogP contribution in [0.2, 0.25) is 0 Å². The number of likely N-dealkylation sites (tertiary alicyclic amines) is 1. The van der Waals surface area contributed by atoms with Crippen molar-refractivity contribution < 1.29 is 28.0 Å². The Morgan fingerprint density at radius 3 is 2.53 bits per heavy atom. The molecule has 0 saturated carbocycles. The molecule has 0 spiro atoms. The third-order valence-electron chi connectivity index (χ3n) is 5.38. The Morgan fingerprint density at radius 1 is 1.25 bits per heavy atom. The standard InChI is InChI=1S/C22H23F2N3O5/c1-14-12-16(7-10-18(14)27(30)31)20(28)26-11-3-4-19(26)21(29)25(2)13-15-5-8-17(9-6-15)32-22(23)24/h5-10,12,19,22H,3-4,11,13H2,1-2H3. The number of likely N-dealkylation sites (N-methyl/N-ethyl adjacent to an activating group) is 1. The van der Waals surface area contributed by atoms with E-state index in [0.29, 0.717) is 30.5 Å². The minimum Gasteiger partial charge on any atom is -0.435 e. The van der Waals surface area contributed by atoms with Gasteiger partial charge in [0.1, 0.15) is 11.8 Å². The zero-order valence-electron chi connectivity index (χ0n) is 17.7. The summed E-state index contributed by atoms with van der Waals surface area (Å²) in [6.45, 7) is -0.690. The number of halogens is 2. The third-order valence-corrected chi connectivity index (χ3v) is 5.38. The van der Waals surface area contributed by atoms with E-state index in [1.165, 1.54) is 40.1 Å². The van der Waals surface area contributed by atoms with E-state index >= 15 is 0 Å². The van der Waals surface area contributed by atoms with Gasteiger partial charge in [-0.05, 0) is 49.6 Å². The van der Waals surface area contributed by atoms with E-state index in [9.17, 15) is 28.5 Å². The number of hydrogen-bond acceptors (Lipinski definition) is 5. The summed E-state index contributed by atoms with van der Waals surface area (Å²) in [5, 5.41) is 11.0. The van der Waals surface area contributed by atoms with Crippen molar-refractivity contribution in [3.05, 3.63) is 69.3 Å². The summed E-state index contributed by atoms with van der Waals surface area (Å²) in [4.78, 5) is 39.5. The molecule has 0 bridgehead atoms. The Bertz CT molecular complexity index is 1010. The quantitative estimate of drug-likeness (QED) is 0.476. The van der Waals surface area contributed by atoms with Gasteiger partial charge in [0.15, 0.2) is 0 Å². The highest BCUT2D eigenvalue weighted by atomic mass is 19.3. The molecule has 0 aromatic heterocycles. The second-order valence-corrected chi connectivity index (χ2v) is 7.63. The molecule has 32 heavy (non-hydrogen) atoms. The molecule has 3 rings (SSSR count). The fourth-order valence-electron chi connectivity index (χ4n) is 3.81. The first kappa shape index (κ1) is 23.1. The predicted molar refractivity (Wildman–Crippen MR) is 111 cm³/mol. The van der Waals surface area contributed by atoms with Crippen molar-refractivity contribution >= 4 is 17.5 Å². The van der Waals surface area contributed by atoms with Crippen LogP contribution < -0.4 is 4.74 Å². The number of carbonyl (C=O) groups is 2. The highest BCUT2D eigenvalue weighted by Gasteiger charge is 2.36. The second-order valence-electron chi connectivity index (χ2n) is 7.63. The molecule has 0 aliphatic carbocycles. The molecule has 1 aliphatic rings. The topological polar surface area (TPSA) is 93.0 Å². The summed E-state index contributed by atoms with van der Waals surface area (Å²) in [5.74, 6) is -0.549. The zero-order valence-corrected chi connectivity index (χ0v) is 17.7. The molecule has 0 radical (unpaired) electrons. The van der Waals surface area contributed by atoms with Crippen LogP contribution >= 0.6 is 0 Å². The van der Waals surface area contributed by atoms with Crippen LogP contribution in [0, 0.1) is 17.0 Å². The fraction of sp³-hybridized carbons (Fsp3) is 0.364. The lowest BCUT2D eigenvalue weighted by Gasteiger charge is -2.28. The van der Waals surface area contributed by atoms with Crippen molar-refractivity contribution in [1.29, 1.82) is 0 Å². The zero-order chi connectivity index (χ0) is 23.4. The minimum absolute atomic E-state index is 0.0312. The van der Waals surface area contributed by atoms with Crippen molar-refractivity contribution in [3.63, 3.8) is 0 Å². The predicted octanol–water partition coefficient (Wildman–Crippen LogP) is 3.77. The molecule has 2 aromatic rings. The van der Waals surface area contributed by atoms with Gasteiger partial charge in [0, 0.05) is 37.3 Å². The Balaban J connectivity index is 1.68. The molecule has 170 valence electrons. The SMILES string of the molecule is Cc1cc(C(=O)N2CCCC2C(=O)N(C)Cc2ccc(OC(F)F)cc2)ccc1[N+](=O)[O-]. The Morgan fingerprint density at radius 2 is 1.94 bits per heavy atom. The number of nitro benzene ring substituents is 1. The first-order chi connectivity index (χ1) is 15.2. The van der Waals surface area contributed by atoms with E-state index in [1.54, 1.807) is 26.1 Å². The van der Waals surface area contributed by atoms with Crippen LogP contribution in [-0.2, 0) is 11.3 Å². The molecule has 10 heteroatoms. The molecule has 2 aromatic carbocycles. The number of ether oxygens (including phenoxy) is 1. The van der Waals surface area contributed by atoms with Gasteiger partial charge in [-0.15, -0.1) is 0 Å². The molecule has 1 atom stereocenters. The summed E-state index contributed by atoms with van der Waals surface area (Å²) in [7, 11) is 1.61. The highest BCUT2D eigenvalue weighted by Crippen LogP contribution is 2.25. The molecular weight excluding hydrogens is 424 g/mol. The monoisotopic (exact) mass is 447 g/mol. The molecular formula is C22H23F2N3O5. The van der Waals surface area contributed by atoms with Crippen LogP contribution in [0.4, 0.5) is 14.5 Å². The Kier molecular flexibility index (Phi) is 7.01. The number of rotatable bonds is 7. The van der Waals surface area contributed by atoms with Gasteiger partial charge in [0.2, 0.25) is 5.91 Å². The molecule has 1 fully saturated rings. The maximum absolute atomic E-state index is 13.0. The maximum atomic E-state index is 13.0. The van der Waals surface area contributed by atoms with E-state index in [4.69, 9.17) is 0 Å². The first-order valence-electron chi connectivity index (χ1n) is 10.0. The summed E-state index contributed by atoms with van der Waals surface area (Å²) < 4.78 is 28.9. The van der Waals surface area contributed by atoms with Gasteiger partial charge in [-0.1, -0.05) is 12.1 Å². The Labute approximate surface area is 183 Å². The summed E-state index contributed by atoms with van der Waals surface area (Å²) in [6.07, 6.45) is 1.18. The van der Waals surface area contributed by atoms with Crippen LogP contribution in [-0.4, -0.2) is 52.8 Å². The van der Waals surface area contributed by atoms with Crippen LogP contribution in [0.1, 0.15) is 34.3 Å². The van der Waals surface area contributed by atoms with Crippen LogP contribution in [0.5, 0.6) is 5.75 Å². The smallest absolute Gasteiger partial charge is 0.387 e. The highest BCUT2D eigenvalue weighted by molar-refractivity contribution is 5.98. The number of carbonyl (C=O) groups excluding carboxylic acids is 2. The number of nitrogens with zero attached hydrogens (tertiary/aromatic N) is 3. The van der Waals surface area contributed by atoms with Crippen molar-refractivity contribution in [2.45, 2.75) is 39.0 Å². The normalized spacial score (nSPS) is 15.7. The van der Waals surface area contributed by atoms with Gasteiger partial charge < -0.3 is 14.5 Å². The van der Waals surface area contributed by atoms with E-state index in [-0.39, 0.29) is 29.8 Å². The average Bonchev–Trinajstić information content (AvgIpc) is 3.23. The van der Waals surface area contributed by atoms with Crippen molar-refractivity contribution in [2.24, 2.45) is 0 Å². The van der Waals surface area contributed by atoms with Gasteiger partial charge in [-0.2, -0.15) is 8.78 Å². The lowest BCUT2D eigenvalue weighted by molar-refractivity contribution is -0.385. The summed E-state index contributed by atoms with van der Waals surface area (Å²) >= 11 is 0. The Hall–Kier alpha value is -3.56. The minimum atomic E-state index is -2.91. The average molecular weight is 447 g/mol. The van der Waals surface area contributed by atoms with Crippen molar-refractivity contribution in [2.75, 3.05) is 13.6 Å². The lowest BCUT2D eigenvalue weighted by atomic mass is 10.1. The number of aryl methyl sites for hydroxylation is 1. The van der Waals surface area contributed by atoms with Gasteiger partial charge in [-0.25, -0.2) is 0 Å². The molecule has 2 amide bonds. The molecule has 1 saturated heterocycles. The number of alkyl halides is 2. The van der Waals surface area contributed by atoms with Crippen LogP contribution in [0.15, 0.2) is 42.5 Å². The van der Waals surface area contributed by atoms with Gasteiger partial charge in [-0.3, -0.25) is 19.7 Å². The van der Waals surface area contributed by atoms with Crippen LogP contribution in [0.3, 0.4) is 0 Å². The number of hydrogen-bond donors (Lipinski definition) is 0. The number of benzene rings is 2. The van der Waals surface area contributed by atoms with Crippen LogP contribution in [0.25, 0.3) is 0 Å². The van der Waals surface area contributed by atoms with E-state index in [0.717, 1.165) is 5.56 Å².